The third-order valence-electron chi connectivity index (χ3n) is 4.68. The molecule has 4 rings (SSSR count). The van der Waals surface area contributed by atoms with E-state index in [1.807, 2.05) is 19.1 Å². The summed E-state index contributed by atoms with van der Waals surface area (Å²) in [5.74, 6) is -0.162. The van der Waals surface area contributed by atoms with Gasteiger partial charge in [0.05, 0.1) is 18.5 Å². The van der Waals surface area contributed by atoms with Crippen LogP contribution in [0.15, 0.2) is 53.3 Å². The maximum absolute atomic E-state index is 13.6. The van der Waals surface area contributed by atoms with Gasteiger partial charge in [-0.15, -0.1) is 0 Å². The maximum Gasteiger partial charge on any atom is 0.410 e. The zero-order valence-electron chi connectivity index (χ0n) is 14.8. The van der Waals surface area contributed by atoms with Crippen LogP contribution in [0.4, 0.5) is 24.7 Å². The number of aryl methyl sites for hydroxylation is 1. The number of amides is 1. The number of benzene rings is 1. The van der Waals surface area contributed by atoms with Crippen molar-refractivity contribution in [1.82, 2.24) is 9.78 Å². The first-order valence-electron chi connectivity index (χ1n) is 8.65. The first-order chi connectivity index (χ1) is 13.3. The van der Waals surface area contributed by atoms with Gasteiger partial charge in [0, 0.05) is 12.1 Å². The Kier molecular flexibility index (Phi) is 4.37. The molecule has 2 aromatic heterocycles. The fraction of sp³-hybridized carbons (Fsp3) is 0.263. The van der Waals surface area contributed by atoms with Gasteiger partial charge in [-0.3, -0.25) is 4.79 Å². The molecule has 2 atom stereocenters. The van der Waals surface area contributed by atoms with E-state index in [9.17, 15) is 18.0 Å². The average molecular weight is 390 g/mol. The molecule has 6 nitrogen and oxygen atoms in total. The molecule has 3 heterocycles. The van der Waals surface area contributed by atoms with Crippen LogP contribution < -0.4 is 10.6 Å². The van der Waals surface area contributed by atoms with Crippen molar-refractivity contribution in [2.75, 3.05) is 10.6 Å². The molecule has 0 saturated carbocycles. The van der Waals surface area contributed by atoms with Crippen LogP contribution in [-0.2, 0) is 0 Å². The number of furan rings is 1. The highest BCUT2D eigenvalue weighted by Crippen LogP contribution is 2.44. The smallest absolute Gasteiger partial charge is 0.410 e. The first-order valence-corrected chi connectivity index (χ1v) is 8.65. The highest BCUT2D eigenvalue weighted by atomic mass is 19.4. The molecule has 1 aliphatic heterocycles. The molecular weight excluding hydrogens is 373 g/mol. The molecular formula is C19H17F3N4O2. The lowest BCUT2D eigenvalue weighted by atomic mass is 10.0. The van der Waals surface area contributed by atoms with Crippen molar-refractivity contribution in [2.24, 2.45) is 0 Å². The van der Waals surface area contributed by atoms with E-state index < -0.39 is 24.2 Å². The largest absolute Gasteiger partial charge is 0.467 e. The van der Waals surface area contributed by atoms with Gasteiger partial charge in [0.2, 0.25) is 0 Å². The number of anilines is 2. The van der Waals surface area contributed by atoms with Gasteiger partial charge in [0.25, 0.3) is 5.91 Å². The van der Waals surface area contributed by atoms with Gasteiger partial charge in [0.1, 0.15) is 17.1 Å². The molecule has 0 bridgehead atoms. The number of hydrogen-bond acceptors (Lipinski definition) is 4. The van der Waals surface area contributed by atoms with Gasteiger partial charge in [0.15, 0.2) is 6.04 Å². The van der Waals surface area contributed by atoms with Crippen LogP contribution in [0.3, 0.4) is 0 Å². The van der Waals surface area contributed by atoms with Crippen molar-refractivity contribution < 1.29 is 22.4 Å². The molecule has 146 valence electrons. The molecule has 3 aromatic rings. The lowest BCUT2D eigenvalue weighted by molar-refractivity contribution is -0.174. The van der Waals surface area contributed by atoms with Crippen LogP contribution in [0.5, 0.6) is 0 Å². The van der Waals surface area contributed by atoms with Crippen molar-refractivity contribution >= 4 is 17.4 Å². The number of nitrogens with zero attached hydrogens (tertiary/aromatic N) is 2. The SMILES string of the molecule is Cc1ccc(NC(=O)c2cnn3c2N[C@@H](c2ccco2)C[C@H]3C(F)(F)F)cc1. The summed E-state index contributed by atoms with van der Waals surface area (Å²) in [6, 6.07) is 7.72. The standard InChI is InChI=1S/C19H17F3N4O2/c1-11-4-6-12(7-5-11)24-18(27)13-10-23-26-16(19(20,21)22)9-14(25-17(13)26)15-3-2-8-28-15/h2-8,10,14,16,25H,9H2,1H3,(H,24,27)/t14-,16+/m1/s1. The minimum atomic E-state index is -4.52. The number of alkyl halides is 3. The molecule has 0 radical (unpaired) electrons. The van der Waals surface area contributed by atoms with E-state index in [2.05, 4.69) is 15.7 Å². The Morgan fingerprint density at radius 1 is 1.29 bits per heavy atom. The van der Waals surface area contributed by atoms with Crippen molar-refractivity contribution in [3.05, 3.63) is 65.7 Å². The summed E-state index contributed by atoms with van der Waals surface area (Å²) in [7, 11) is 0. The van der Waals surface area contributed by atoms with E-state index >= 15 is 0 Å². The summed E-state index contributed by atoms with van der Waals surface area (Å²) in [4.78, 5) is 12.7. The van der Waals surface area contributed by atoms with Gasteiger partial charge < -0.3 is 15.1 Å². The number of rotatable bonds is 3. The maximum atomic E-state index is 13.6. The summed E-state index contributed by atoms with van der Waals surface area (Å²) >= 11 is 0. The second-order valence-electron chi connectivity index (χ2n) is 6.68. The Hall–Kier alpha value is -3.23. The van der Waals surface area contributed by atoms with Crippen LogP contribution >= 0.6 is 0 Å². The van der Waals surface area contributed by atoms with Gasteiger partial charge in [-0.05, 0) is 31.2 Å². The van der Waals surface area contributed by atoms with E-state index in [-0.39, 0.29) is 17.8 Å². The zero-order chi connectivity index (χ0) is 19.9. The molecule has 28 heavy (non-hydrogen) atoms. The van der Waals surface area contributed by atoms with Crippen LogP contribution in [0.25, 0.3) is 0 Å². The molecule has 0 unspecified atom stereocenters. The van der Waals surface area contributed by atoms with E-state index in [0.717, 1.165) is 16.4 Å². The fourth-order valence-electron chi connectivity index (χ4n) is 3.24. The lowest BCUT2D eigenvalue weighted by Gasteiger charge is -2.32. The van der Waals surface area contributed by atoms with Crippen molar-refractivity contribution in [2.45, 2.75) is 31.6 Å². The van der Waals surface area contributed by atoms with Crippen LogP contribution in [0, 0.1) is 6.92 Å². The molecule has 1 amide bonds. The number of hydrogen-bond donors (Lipinski definition) is 2. The van der Waals surface area contributed by atoms with Crippen LogP contribution in [0.1, 0.15) is 40.2 Å². The van der Waals surface area contributed by atoms with E-state index in [4.69, 9.17) is 4.42 Å². The summed E-state index contributed by atoms with van der Waals surface area (Å²) in [6.45, 7) is 1.91. The van der Waals surface area contributed by atoms with E-state index in [0.29, 0.717) is 11.4 Å². The Morgan fingerprint density at radius 3 is 2.68 bits per heavy atom. The third-order valence-corrected chi connectivity index (χ3v) is 4.68. The topological polar surface area (TPSA) is 72.1 Å². The van der Waals surface area contributed by atoms with Crippen LogP contribution in [0.2, 0.25) is 0 Å². The Balaban J connectivity index is 1.67. The van der Waals surface area contributed by atoms with Crippen molar-refractivity contribution in [3.8, 4) is 0 Å². The van der Waals surface area contributed by atoms with Gasteiger partial charge >= 0.3 is 6.18 Å². The highest BCUT2D eigenvalue weighted by molar-refractivity contribution is 6.07. The fourth-order valence-corrected chi connectivity index (χ4v) is 3.24. The number of carbonyl (C=O) groups excluding carboxylic acids is 1. The van der Waals surface area contributed by atoms with Crippen molar-refractivity contribution in [1.29, 1.82) is 0 Å². The molecule has 0 saturated heterocycles. The summed E-state index contributed by atoms with van der Waals surface area (Å²) < 4.78 is 46.9. The Labute approximate surface area is 158 Å². The zero-order valence-corrected chi connectivity index (χ0v) is 14.8. The highest BCUT2D eigenvalue weighted by Gasteiger charge is 2.47. The van der Waals surface area contributed by atoms with Crippen LogP contribution in [-0.4, -0.2) is 21.9 Å². The second-order valence-corrected chi connectivity index (χ2v) is 6.68. The van der Waals surface area contributed by atoms with Gasteiger partial charge in [-0.1, -0.05) is 17.7 Å². The monoisotopic (exact) mass is 390 g/mol. The third kappa shape index (κ3) is 3.35. The molecule has 9 heteroatoms. The summed E-state index contributed by atoms with van der Waals surface area (Å²) in [6.07, 6.45) is -2.26. The summed E-state index contributed by atoms with van der Waals surface area (Å²) in [5, 5.41) is 9.50. The molecule has 0 spiro atoms. The molecule has 0 fully saturated rings. The first kappa shape index (κ1) is 18.1. The molecule has 1 aliphatic rings. The second kappa shape index (κ2) is 6.74. The minimum Gasteiger partial charge on any atom is -0.467 e. The van der Waals surface area contributed by atoms with Crippen molar-refractivity contribution in [3.63, 3.8) is 0 Å². The number of aromatic nitrogens is 2. The average Bonchev–Trinajstić information content (AvgIpc) is 3.31. The Bertz CT molecular complexity index is 978. The predicted octanol–water partition coefficient (Wildman–Crippen LogP) is 4.70. The molecule has 1 aromatic carbocycles. The van der Waals surface area contributed by atoms with E-state index in [1.165, 1.54) is 6.26 Å². The number of halogens is 3. The summed E-state index contributed by atoms with van der Waals surface area (Å²) in [5.41, 5.74) is 1.60. The number of nitrogens with one attached hydrogen (secondary N) is 2. The number of carbonyl (C=O) groups is 1. The normalized spacial score (nSPS) is 19.0. The predicted molar refractivity (Wildman–Crippen MR) is 96.1 cm³/mol. The molecule has 2 N–H and O–H groups in total. The van der Waals surface area contributed by atoms with Gasteiger partial charge in [-0.2, -0.15) is 18.3 Å². The number of fused-ring (bicyclic) bond motifs is 1. The van der Waals surface area contributed by atoms with E-state index in [1.54, 1.807) is 24.3 Å². The molecule has 0 aliphatic carbocycles. The van der Waals surface area contributed by atoms with Gasteiger partial charge in [-0.25, -0.2) is 4.68 Å². The quantitative estimate of drug-likeness (QED) is 0.680. The minimum absolute atomic E-state index is 0.0135. The lowest BCUT2D eigenvalue weighted by Crippen LogP contribution is -2.36. The Morgan fingerprint density at radius 2 is 2.04 bits per heavy atom.